The first kappa shape index (κ1) is 19.0. The minimum absolute atomic E-state index is 0.211. The summed E-state index contributed by atoms with van der Waals surface area (Å²) in [5.74, 6) is 1.99. The SMILES string of the molecule is CC(C)Cn1c(SCC(=O)N2CCCC[C@H]2C)nnc1-c1ccccc1. The molecule has 0 saturated carbocycles. The minimum Gasteiger partial charge on any atom is -0.339 e. The molecule has 0 N–H and O–H groups in total. The lowest BCUT2D eigenvalue weighted by Gasteiger charge is -2.33. The van der Waals surface area contributed by atoms with Crippen LogP contribution in [0.5, 0.6) is 0 Å². The normalized spacial score (nSPS) is 17.7. The minimum atomic E-state index is 0.211. The molecule has 0 radical (unpaired) electrons. The Morgan fingerprint density at radius 1 is 1.23 bits per heavy atom. The largest absolute Gasteiger partial charge is 0.339 e. The van der Waals surface area contributed by atoms with Gasteiger partial charge in [-0.3, -0.25) is 4.79 Å². The first-order valence-corrected chi connectivity index (χ1v) is 10.5. The van der Waals surface area contributed by atoms with Gasteiger partial charge in [-0.25, -0.2) is 0 Å². The Labute approximate surface area is 160 Å². The third-order valence-corrected chi connectivity index (χ3v) is 5.70. The number of nitrogens with zero attached hydrogens (tertiary/aromatic N) is 4. The van der Waals surface area contributed by atoms with Crippen LogP contribution in [-0.2, 0) is 11.3 Å². The average molecular weight is 373 g/mol. The van der Waals surface area contributed by atoms with Crippen LogP contribution in [0.1, 0.15) is 40.0 Å². The molecule has 0 aliphatic carbocycles. The van der Waals surface area contributed by atoms with E-state index in [2.05, 4.69) is 47.7 Å². The molecule has 140 valence electrons. The van der Waals surface area contributed by atoms with Crippen molar-refractivity contribution in [1.29, 1.82) is 0 Å². The molecule has 0 unspecified atom stereocenters. The maximum absolute atomic E-state index is 12.6. The number of hydrogen-bond donors (Lipinski definition) is 0. The fraction of sp³-hybridized carbons (Fsp3) is 0.550. The second-order valence-electron chi connectivity index (χ2n) is 7.40. The molecule has 1 aliphatic rings. The smallest absolute Gasteiger partial charge is 0.233 e. The summed E-state index contributed by atoms with van der Waals surface area (Å²) in [6.45, 7) is 8.24. The van der Waals surface area contributed by atoms with Gasteiger partial charge in [0.25, 0.3) is 0 Å². The fourth-order valence-corrected chi connectivity index (χ4v) is 4.24. The van der Waals surface area contributed by atoms with Crippen LogP contribution < -0.4 is 0 Å². The topological polar surface area (TPSA) is 51.0 Å². The lowest BCUT2D eigenvalue weighted by atomic mass is 10.0. The van der Waals surface area contributed by atoms with Crippen molar-refractivity contribution in [2.75, 3.05) is 12.3 Å². The van der Waals surface area contributed by atoms with Crippen molar-refractivity contribution in [3.63, 3.8) is 0 Å². The number of aromatic nitrogens is 3. The Morgan fingerprint density at radius 3 is 2.69 bits per heavy atom. The zero-order chi connectivity index (χ0) is 18.5. The monoisotopic (exact) mass is 372 g/mol. The molecule has 5 nitrogen and oxygen atoms in total. The van der Waals surface area contributed by atoms with Crippen molar-refractivity contribution in [3.05, 3.63) is 30.3 Å². The van der Waals surface area contributed by atoms with Crippen LogP contribution in [0, 0.1) is 5.92 Å². The van der Waals surface area contributed by atoms with E-state index < -0.39 is 0 Å². The molecule has 0 spiro atoms. The molecule has 1 fully saturated rings. The van der Waals surface area contributed by atoms with E-state index in [1.54, 1.807) is 0 Å². The van der Waals surface area contributed by atoms with Gasteiger partial charge in [-0.15, -0.1) is 10.2 Å². The van der Waals surface area contributed by atoms with Crippen molar-refractivity contribution in [1.82, 2.24) is 19.7 Å². The first-order chi connectivity index (χ1) is 12.6. The van der Waals surface area contributed by atoms with Crippen LogP contribution in [-0.4, -0.2) is 43.9 Å². The summed E-state index contributed by atoms with van der Waals surface area (Å²) in [5.41, 5.74) is 1.06. The molecule has 2 heterocycles. The Hall–Kier alpha value is -1.82. The fourth-order valence-electron chi connectivity index (χ4n) is 3.40. The average Bonchev–Trinajstić information content (AvgIpc) is 3.02. The zero-order valence-corrected chi connectivity index (χ0v) is 16.7. The lowest BCUT2D eigenvalue weighted by Crippen LogP contribution is -2.43. The van der Waals surface area contributed by atoms with Gasteiger partial charge < -0.3 is 9.47 Å². The third kappa shape index (κ3) is 4.47. The van der Waals surface area contributed by atoms with Crippen LogP contribution in [0.15, 0.2) is 35.5 Å². The number of amides is 1. The van der Waals surface area contributed by atoms with Crippen molar-refractivity contribution >= 4 is 17.7 Å². The van der Waals surface area contributed by atoms with Crippen LogP contribution in [0.4, 0.5) is 0 Å². The molecular weight excluding hydrogens is 344 g/mol. The highest BCUT2D eigenvalue weighted by Crippen LogP contribution is 2.26. The van der Waals surface area contributed by atoms with Crippen molar-refractivity contribution < 1.29 is 4.79 Å². The van der Waals surface area contributed by atoms with Gasteiger partial charge >= 0.3 is 0 Å². The summed E-state index contributed by atoms with van der Waals surface area (Å²) >= 11 is 1.51. The van der Waals surface area contributed by atoms with Crippen molar-refractivity contribution in [2.24, 2.45) is 5.92 Å². The molecule has 1 aromatic carbocycles. The van der Waals surface area contributed by atoms with E-state index in [0.717, 1.165) is 42.5 Å². The highest BCUT2D eigenvalue weighted by molar-refractivity contribution is 7.99. The molecule has 1 amide bonds. The Bertz CT molecular complexity index is 729. The van der Waals surface area contributed by atoms with Gasteiger partial charge in [0.1, 0.15) is 0 Å². The van der Waals surface area contributed by atoms with Gasteiger partial charge in [0.2, 0.25) is 5.91 Å². The van der Waals surface area contributed by atoms with E-state index in [1.165, 1.54) is 18.2 Å². The van der Waals surface area contributed by atoms with Crippen molar-refractivity contribution in [3.8, 4) is 11.4 Å². The molecule has 2 aromatic rings. The Morgan fingerprint density at radius 2 is 2.00 bits per heavy atom. The number of benzene rings is 1. The molecule has 26 heavy (non-hydrogen) atoms. The molecular formula is C20H28N4OS. The molecule has 1 aromatic heterocycles. The summed E-state index contributed by atoms with van der Waals surface area (Å²) in [6.07, 6.45) is 3.45. The van der Waals surface area contributed by atoms with Crippen LogP contribution in [0.2, 0.25) is 0 Å². The maximum atomic E-state index is 12.6. The van der Waals surface area contributed by atoms with E-state index in [1.807, 2.05) is 23.1 Å². The van der Waals surface area contributed by atoms with Gasteiger partial charge in [0.15, 0.2) is 11.0 Å². The molecule has 6 heteroatoms. The van der Waals surface area contributed by atoms with Crippen molar-refractivity contribution in [2.45, 2.75) is 57.8 Å². The molecule has 0 bridgehead atoms. The molecule has 1 atom stereocenters. The predicted molar refractivity (Wildman–Crippen MR) is 106 cm³/mol. The summed E-state index contributed by atoms with van der Waals surface area (Å²) in [7, 11) is 0. The van der Waals surface area contributed by atoms with Gasteiger partial charge in [-0.2, -0.15) is 0 Å². The lowest BCUT2D eigenvalue weighted by molar-refractivity contribution is -0.131. The highest BCUT2D eigenvalue weighted by atomic mass is 32.2. The Kier molecular flexibility index (Phi) is 6.35. The first-order valence-electron chi connectivity index (χ1n) is 9.47. The van der Waals surface area contributed by atoms with Gasteiger partial charge in [0.05, 0.1) is 5.75 Å². The number of rotatable bonds is 6. The summed E-state index contributed by atoms with van der Waals surface area (Å²) < 4.78 is 2.15. The number of piperidine rings is 1. The van der Waals surface area contributed by atoms with Crippen LogP contribution >= 0.6 is 11.8 Å². The quantitative estimate of drug-likeness (QED) is 0.717. The number of carbonyl (C=O) groups excluding carboxylic acids is 1. The molecule has 1 aliphatic heterocycles. The third-order valence-electron chi connectivity index (χ3n) is 4.74. The molecule has 1 saturated heterocycles. The zero-order valence-electron chi connectivity index (χ0n) is 15.9. The standard InChI is InChI=1S/C20H28N4OS/c1-15(2)13-24-19(17-10-5-4-6-11-17)21-22-20(24)26-14-18(25)23-12-8-7-9-16(23)3/h4-6,10-11,15-16H,7-9,12-14H2,1-3H3/t16-/m1/s1. The van der Waals surface area contributed by atoms with E-state index in [0.29, 0.717) is 17.7 Å². The van der Waals surface area contributed by atoms with Gasteiger partial charge in [0, 0.05) is 24.7 Å². The van der Waals surface area contributed by atoms with Crippen LogP contribution in [0.25, 0.3) is 11.4 Å². The second-order valence-corrected chi connectivity index (χ2v) is 8.34. The highest BCUT2D eigenvalue weighted by Gasteiger charge is 2.24. The number of thioether (sulfide) groups is 1. The summed E-state index contributed by atoms with van der Waals surface area (Å²) in [5, 5.41) is 9.63. The van der Waals surface area contributed by atoms with E-state index in [9.17, 15) is 4.79 Å². The number of likely N-dealkylation sites (tertiary alicyclic amines) is 1. The van der Waals surface area contributed by atoms with Gasteiger partial charge in [-0.05, 0) is 32.1 Å². The second kappa shape index (κ2) is 8.71. The van der Waals surface area contributed by atoms with Gasteiger partial charge in [-0.1, -0.05) is 55.9 Å². The number of carbonyl (C=O) groups is 1. The van der Waals surface area contributed by atoms with E-state index in [-0.39, 0.29) is 5.91 Å². The summed E-state index contributed by atoms with van der Waals surface area (Å²) in [6, 6.07) is 10.5. The maximum Gasteiger partial charge on any atom is 0.233 e. The number of hydrogen-bond acceptors (Lipinski definition) is 4. The predicted octanol–water partition coefficient (Wildman–Crippen LogP) is 4.09. The van der Waals surface area contributed by atoms with E-state index >= 15 is 0 Å². The van der Waals surface area contributed by atoms with Crippen LogP contribution in [0.3, 0.4) is 0 Å². The Balaban J connectivity index is 1.75. The summed E-state index contributed by atoms with van der Waals surface area (Å²) in [4.78, 5) is 14.7. The molecule has 3 rings (SSSR count). The van der Waals surface area contributed by atoms with E-state index in [4.69, 9.17) is 0 Å².